The number of carbonyl (C=O) groups excluding carboxylic acids is 1. The standard InChI is InChI=1S/C13H16BrClFNO2/c1-3-4-5-11(13(18)19-2)17-12-9(14)6-8(16)7-10(12)15/h6-7,11,17H,3-5H2,1-2H3. The molecule has 1 aromatic carbocycles. The number of nitrogens with one attached hydrogen (secondary N) is 1. The molecule has 0 heterocycles. The van der Waals surface area contributed by atoms with Gasteiger partial charge in [0.25, 0.3) is 0 Å². The molecule has 6 heteroatoms. The third kappa shape index (κ3) is 4.66. The lowest BCUT2D eigenvalue weighted by molar-refractivity contribution is -0.141. The molecule has 0 aliphatic rings. The summed E-state index contributed by atoms with van der Waals surface area (Å²) in [6.45, 7) is 2.04. The van der Waals surface area contributed by atoms with Gasteiger partial charge in [0.1, 0.15) is 11.9 Å². The van der Waals surface area contributed by atoms with Crippen LogP contribution in [0, 0.1) is 5.82 Å². The van der Waals surface area contributed by atoms with Crippen LogP contribution < -0.4 is 5.32 Å². The van der Waals surface area contributed by atoms with Crippen molar-refractivity contribution in [2.24, 2.45) is 0 Å². The van der Waals surface area contributed by atoms with Gasteiger partial charge in [0.15, 0.2) is 0 Å². The van der Waals surface area contributed by atoms with Crippen LogP contribution in [0.1, 0.15) is 26.2 Å². The lowest BCUT2D eigenvalue weighted by Crippen LogP contribution is -2.30. The summed E-state index contributed by atoms with van der Waals surface area (Å²) in [7, 11) is 1.34. The van der Waals surface area contributed by atoms with Gasteiger partial charge < -0.3 is 10.1 Å². The predicted octanol–water partition coefficient (Wildman–Crippen LogP) is 4.39. The molecule has 0 aliphatic heterocycles. The summed E-state index contributed by atoms with van der Waals surface area (Å²) in [5, 5.41) is 3.23. The number of ether oxygens (including phenoxy) is 1. The van der Waals surface area contributed by atoms with E-state index in [0.29, 0.717) is 16.6 Å². The number of hydrogen-bond acceptors (Lipinski definition) is 3. The molecule has 0 spiro atoms. The Kier molecular flexibility index (Phi) is 6.58. The van der Waals surface area contributed by atoms with Crippen LogP contribution in [0.5, 0.6) is 0 Å². The number of esters is 1. The molecule has 0 fully saturated rings. The zero-order valence-electron chi connectivity index (χ0n) is 10.8. The van der Waals surface area contributed by atoms with Crippen molar-refractivity contribution in [3.63, 3.8) is 0 Å². The third-order valence-corrected chi connectivity index (χ3v) is 3.58. The minimum atomic E-state index is -0.496. The summed E-state index contributed by atoms with van der Waals surface area (Å²) < 4.78 is 18.4. The number of unbranched alkanes of at least 4 members (excludes halogenated alkanes) is 1. The number of rotatable bonds is 6. The Balaban J connectivity index is 2.92. The van der Waals surface area contributed by atoms with Crippen LogP contribution in [-0.2, 0) is 9.53 Å². The van der Waals surface area contributed by atoms with Crippen LogP contribution in [0.15, 0.2) is 16.6 Å². The SMILES string of the molecule is CCCCC(Nc1c(Cl)cc(F)cc1Br)C(=O)OC. The first-order valence-corrected chi connectivity index (χ1v) is 7.15. The fourth-order valence-corrected chi connectivity index (χ4v) is 2.58. The average molecular weight is 353 g/mol. The van der Waals surface area contributed by atoms with Crippen molar-refractivity contribution < 1.29 is 13.9 Å². The monoisotopic (exact) mass is 351 g/mol. The molecular formula is C13H16BrClFNO2. The Morgan fingerprint density at radius 3 is 2.79 bits per heavy atom. The summed E-state index contributed by atoms with van der Waals surface area (Å²) in [4.78, 5) is 11.7. The fraction of sp³-hybridized carbons (Fsp3) is 0.462. The second kappa shape index (κ2) is 7.70. The zero-order chi connectivity index (χ0) is 14.4. The normalized spacial score (nSPS) is 12.1. The first kappa shape index (κ1) is 16.2. The highest BCUT2D eigenvalue weighted by molar-refractivity contribution is 9.10. The molecule has 0 saturated heterocycles. The minimum absolute atomic E-state index is 0.220. The molecule has 0 amide bonds. The molecule has 0 bridgehead atoms. The first-order chi connectivity index (χ1) is 8.99. The summed E-state index contributed by atoms with van der Waals surface area (Å²) in [5.74, 6) is -0.800. The minimum Gasteiger partial charge on any atom is -0.467 e. The van der Waals surface area contributed by atoms with Crippen LogP contribution >= 0.6 is 27.5 Å². The van der Waals surface area contributed by atoms with Crippen LogP contribution in [-0.4, -0.2) is 19.1 Å². The van der Waals surface area contributed by atoms with Gasteiger partial charge in [-0.25, -0.2) is 9.18 Å². The second-order valence-corrected chi connectivity index (χ2v) is 5.37. The van der Waals surface area contributed by atoms with Crippen molar-refractivity contribution in [1.82, 2.24) is 0 Å². The van der Waals surface area contributed by atoms with E-state index in [9.17, 15) is 9.18 Å². The van der Waals surface area contributed by atoms with Crippen molar-refractivity contribution in [2.45, 2.75) is 32.2 Å². The maximum atomic E-state index is 13.1. The van der Waals surface area contributed by atoms with Gasteiger partial charge in [-0.3, -0.25) is 0 Å². The van der Waals surface area contributed by atoms with E-state index in [1.807, 2.05) is 6.92 Å². The van der Waals surface area contributed by atoms with E-state index in [1.54, 1.807) is 0 Å². The summed E-state index contributed by atoms with van der Waals surface area (Å²) in [6.07, 6.45) is 2.47. The van der Waals surface area contributed by atoms with Crippen LogP contribution in [0.25, 0.3) is 0 Å². The average Bonchev–Trinajstić information content (AvgIpc) is 2.36. The maximum Gasteiger partial charge on any atom is 0.328 e. The molecule has 0 aliphatic carbocycles. The largest absolute Gasteiger partial charge is 0.467 e. The molecular weight excluding hydrogens is 337 g/mol. The van der Waals surface area contributed by atoms with Gasteiger partial charge in [-0.15, -0.1) is 0 Å². The van der Waals surface area contributed by atoms with E-state index in [1.165, 1.54) is 19.2 Å². The molecule has 0 radical (unpaired) electrons. The van der Waals surface area contributed by atoms with Gasteiger partial charge >= 0.3 is 5.97 Å². The van der Waals surface area contributed by atoms with E-state index >= 15 is 0 Å². The van der Waals surface area contributed by atoms with Gasteiger partial charge in [-0.05, 0) is 34.5 Å². The van der Waals surface area contributed by atoms with Crippen LogP contribution in [0.3, 0.4) is 0 Å². The smallest absolute Gasteiger partial charge is 0.328 e. The lowest BCUT2D eigenvalue weighted by atomic mass is 10.1. The van der Waals surface area contributed by atoms with E-state index in [4.69, 9.17) is 16.3 Å². The van der Waals surface area contributed by atoms with Crippen LogP contribution in [0.4, 0.5) is 10.1 Å². The van der Waals surface area contributed by atoms with Crippen molar-refractivity contribution in [1.29, 1.82) is 0 Å². The molecule has 0 saturated carbocycles. The molecule has 106 valence electrons. The topological polar surface area (TPSA) is 38.3 Å². The Labute approximate surface area is 125 Å². The molecule has 19 heavy (non-hydrogen) atoms. The molecule has 1 N–H and O–H groups in total. The van der Waals surface area contributed by atoms with Crippen molar-refractivity contribution in [3.8, 4) is 0 Å². The Morgan fingerprint density at radius 1 is 1.58 bits per heavy atom. The maximum absolute atomic E-state index is 13.1. The molecule has 1 aromatic rings. The molecule has 1 unspecified atom stereocenters. The lowest BCUT2D eigenvalue weighted by Gasteiger charge is -2.19. The number of halogens is 3. The Hall–Kier alpha value is -0.810. The molecule has 0 aromatic heterocycles. The summed E-state index contributed by atoms with van der Waals surface area (Å²) >= 11 is 9.20. The Morgan fingerprint density at radius 2 is 2.26 bits per heavy atom. The number of methoxy groups -OCH3 is 1. The number of carbonyl (C=O) groups is 1. The summed E-state index contributed by atoms with van der Waals surface area (Å²) in [5.41, 5.74) is 0.495. The van der Waals surface area contributed by atoms with Gasteiger partial charge in [0, 0.05) is 4.47 Å². The summed E-state index contributed by atoms with van der Waals surface area (Å²) in [6, 6.07) is 2.00. The molecule has 1 rings (SSSR count). The number of anilines is 1. The van der Waals surface area contributed by atoms with E-state index in [-0.39, 0.29) is 11.0 Å². The second-order valence-electron chi connectivity index (χ2n) is 4.11. The van der Waals surface area contributed by atoms with Crippen LogP contribution in [0.2, 0.25) is 5.02 Å². The third-order valence-electron chi connectivity index (χ3n) is 2.66. The van der Waals surface area contributed by atoms with Gasteiger partial charge in [-0.2, -0.15) is 0 Å². The quantitative estimate of drug-likeness (QED) is 0.772. The van der Waals surface area contributed by atoms with E-state index in [2.05, 4.69) is 21.2 Å². The van der Waals surface area contributed by atoms with Crippen molar-refractivity contribution in [2.75, 3.05) is 12.4 Å². The van der Waals surface area contributed by atoms with E-state index in [0.717, 1.165) is 12.8 Å². The zero-order valence-corrected chi connectivity index (χ0v) is 13.1. The number of hydrogen-bond donors (Lipinski definition) is 1. The van der Waals surface area contributed by atoms with Gasteiger partial charge in [0.2, 0.25) is 0 Å². The highest BCUT2D eigenvalue weighted by Gasteiger charge is 2.21. The number of benzene rings is 1. The fourth-order valence-electron chi connectivity index (χ4n) is 1.65. The van der Waals surface area contributed by atoms with Gasteiger partial charge in [-0.1, -0.05) is 31.4 Å². The van der Waals surface area contributed by atoms with Crippen molar-refractivity contribution in [3.05, 3.63) is 27.4 Å². The highest BCUT2D eigenvalue weighted by atomic mass is 79.9. The first-order valence-electron chi connectivity index (χ1n) is 5.98. The van der Waals surface area contributed by atoms with Crippen molar-refractivity contribution >= 4 is 39.2 Å². The molecule has 3 nitrogen and oxygen atoms in total. The Bertz CT molecular complexity index is 433. The molecule has 1 atom stereocenters. The highest BCUT2D eigenvalue weighted by Crippen LogP contribution is 2.32. The van der Waals surface area contributed by atoms with E-state index < -0.39 is 11.9 Å². The predicted molar refractivity (Wildman–Crippen MR) is 78.1 cm³/mol. The van der Waals surface area contributed by atoms with Gasteiger partial charge in [0.05, 0.1) is 17.8 Å².